The predicted octanol–water partition coefficient (Wildman–Crippen LogP) is 3.99. The van der Waals surface area contributed by atoms with E-state index in [1.54, 1.807) is 18.2 Å². The summed E-state index contributed by atoms with van der Waals surface area (Å²) in [5, 5.41) is 21.7. The molecule has 1 aromatic carbocycles. The minimum atomic E-state index is -0.759. The van der Waals surface area contributed by atoms with E-state index in [9.17, 15) is 5.11 Å². The molecule has 2 unspecified atom stereocenters. The minimum absolute atomic E-state index is 0.170. The Morgan fingerprint density at radius 1 is 1.22 bits per heavy atom. The van der Waals surface area contributed by atoms with Gasteiger partial charge >= 0.3 is 0 Å². The number of rotatable bonds is 7. The topological polar surface area (TPSA) is 82.7 Å². The number of hydrogen-bond donors (Lipinski definition) is 3. The summed E-state index contributed by atoms with van der Waals surface area (Å²) in [6.07, 6.45) is -0.759. The number of halogens is 2. The van der Waals surface area contributed by atoms with Crippen molar-refractivity contribution in [2.45, 2.75) is 39.7 Å². The summed E-state index contributed by atoms with van der Waals surface area (Å²) < 4.78 is 5.23. The van der Waals surface area contributed by atoms with Crippen LogP contribution in [-0.2, 0) is 0 Å². The molecule has 0 bridgehead atoms. The molecule has 2 aromatic rings. The third kappa shape index (κ3) is 6.13. The number of benzene rings is 1. The second-order valence-corrected chi connectivity index (χ2v) is 7.33. The van der Waals surface area contributed by atoms with Gasteiger partial charge < -0.3 is 20.3 Å². The van der Waals surface area contributed by atoms with Gasteiger partial charge in [0.25, 0.3) is 0 Å². The van der Waals surface area contributed by atoms with Crippen LogP contribution in [0.1, 0.15) is 48.5 Å². The van der Waals surface area contributed by atoms with Crippen LogP contribution in [0.25, 0.3) is 0 Å². The monoisotopic (exact) mass is 412 g/mol. The van der Waals surface area contributed by atoms with Crippen molar-refractivity contribution in [1.82, 2.24) is 15.8 Å². The molecule has 1 aromatic heterocycles. The largest absolute Gasteiger partial charge is 0.387 e. The van der Waals surface area contributed by atoms with Gasteiger partial charge in [-0.2, -0.15) is 0 Å². The molecular formula is C19H26Cl2N4O2. The molecule has 0 saturated heterocycles. The van der Waals surface area contributed by atoms with Crippen molar-refractivity contribution in [3.05, 3.63) is 50.8 Å². The van der Waals surface area contributed by atoms with E-state index in [4.69, 9.17) is 27.7 Å². The fourth-order valence-corrected chi connectivity index (χ4v) is 3.48. The third-order valence-corrected chi connectivity index (χ3v) is 4.62. The van der Waals surface area contributed by atoms with Gasteiger partial charge in [0, 0.05) is 41.2 Å². The van der Waals surface area contributed by atoms with Crippen molar-refractivity contribution in [3.63, 3.8) is 0 Å². The van der Waals surface area contributed by atoms with Gasteiger partial charge in [-0.25, -0.2) is 0 Å². The first kappa shape index (κ1) is 21.5. The molecular weight excluding hydrogens is 387 g/mol. The van der Waals surface area contributed by atoms with Gasteiger partial charge in [-0.15, -0.1) is 0 Å². The molecule has 0 radical (unpaired) electrons. The zero-order valence-corrected chi connectivity index (χ0v) is 17.5. The van der Waals surface area contributed by atoms with E-state index >= 15 is 0 Å². The lowest BCUT2D eigenvalue weighted by Crippen LogP contribution is -2.39. The van der Waals surface area contributed by atoms with Gasteiger partial charge in [-0.1, -0.05) is 35.3 Å². The molecule has 0 amide bonds. The molecule has 2 atom stereocenters. The lowest BCUT2D eigenvalue weighted by atomic mass is 10.00. The van der Waals surface area contributed by atoms with Crippen LogP contribution < -0.4 is 10.6 Å². The van der Waals surface area contributed by atoms with Crippen molar-refractivity contribution in [2.24, 2.45) is 4.99 Å². The second kappa shape index (κ2) is 9.97. The molecule has 0 aliphatic carbocycles. The van der Waals surface area contributed by atoms with Crippen LogP contribution in [0.5, 0.6) is 0 Å². The van der Waals surface area contributed by atoms with Crippen LogP contribution in [-0.4, -0.2) is 35.9 Å². The van der Waals surface area contributed by atoms with Crippen LogP contribution >= 0.6 is 23.2 Å². The third-order valence-electron chi connectivity index (χ3n) is 4.18. The van der Waals surface area contributed by atoms with Crippen LogP contribution in [0.15, 0.2) is 27.7 Å². The SMILES string of the molecule is CCNC(=NCC(C)c1c(C)noc1C)NCC(O)c1cc(Cl)cc(Cl)c1. The number of aryl methyl sites for hydroxylation is 2. The normalized spacial score (nSPS) is 14.1. The van der Waals surface area contributed by atoms with Crippen molar-refractivity contribution < 1.29 is 9.63 Å². The van der Waals surface area contributed by atoms with Crippen molar-refractivity contribution in [2.75, 3.05) is 19.6 Å². The minimum Gasteiger partial charge on any atom is -0.387 e. The molecule has 0 saturated carbocycles. The number of guanidine groups is 1. The number of aliphatic hydroxyl groups excluding tert-OH is 1. The van der Waals surface area contributed by atoms with Gasteiger partial charge in [0.15, 0.2) is 5.96 Å². The molecule has 8 heteroatoms. The van der Waals surface area contributed by atoms with E-state index in [1.807, 2.05) is 20.8 Å². The number of hydrogen-bond acceptors (Lipinski definition) is 4. The number of nitrogens with zero attached hydrogens (tertiary/aromatic N) is 2. The van der Waals surface area contributed by atoms with Crippen molar-refractivity contribution in [3.8, 4) is 0 Å². The van der Waals surface area contributed by atoms with Gasteiger partial charge in [0.1, 0.15) is 5.76 Å². The molecule has 148 valence electrons. The summed E-state index contributed by atoms with van der Waals surface area (Å²) in [4.78, 5) is 4.61. The Hall–Kier alpha value is -1.76. The van der Waals surface area contributed by atoms with E-state index in [0.29, 0.717) is 34.7 Å². The molecule has 0 fully saturated rings. The van der Waals surface area contributed by atoms with E-state index < -0.39 is 6.10 Å². The number of aliphatic imine (C=N–C) groups is 1. The number of nitrogens with one attached hydrogen (secondary N) is 2. The second-order valence-electron chi connectivity index (χ2n) is 6.46. The maximum Gasteiger partial charge on any atom is 0.191 e. The summed E-state index contributed by atoms with van der Waals surface area (Å²) in [6.45, 7) is 9.47. The molecule has 1 heterocycles. The van der Waals surface area contributed by atoms with E-state index in [-0.39, 0.29) is 12.5 Å². The van der Waals surface area contributed by atoms with Crippen molar-refractivity contribution in [1.29, 1.82) is 0 Å². The summed E-state index contributed by atoms with van der Waals surface area (Å²) in [5.74, 6) is 1.62. The van der Waals surface area contributed by atoms with Crippen LogP contribution in [0.3, 0.4) is 0 Å². The smallest absolute Gasteiger partial charge is 0.191 e. The highest BCUT2D eigenvalue weighted by Crippen LogP contribution is 2.24. The Labute approximate surface area is 169 Å². The van der Waals surface area contributed by atoms with E-state index in [0.717, 1.165) is 17.0 Å². The maximum absolute atomic E-state index is 10.4. The number of aliphatic hydroxyl groups is 1. The van der Waals surface area contributed by atoms with Crippen LogP contribution in [0.4, 0.5) is 0 Å². The highest BCUT2D eigenvalue weighted by Gasteiger charge is 2.16. The first-order valence-electron chi connectivity index (χ1n) is 8.90. The lowest BCUT2D eigenvalue weighted by molar-refractivity contribution is 0.181. The molecule has 27 heavy (non-hydrogen) atoms. The van der Waals surface area contributed by atoms with Gasteiger partial charge in [0.2, 0.25) is 0 Å². The first-order valence-corrected chi connectivity index (χ1v) is 9.66. The highest BCUT2D eigenvalue weighted by atomic mass is 35.5. The summed E-state index contributed by atoms with van der Waals surface area (Å²) in [6, 6.07) is 5.03. The molecule has 2 rings (SSSR count). The molecule has 0 spiro atoms. The highest BCUT2D eigenvalue weighted by molar-refractivity contribution is 6.34. The molecule has 3 N–H and O–H groups in total. The van der Waals surface area contributed by atoms with Crippen LogP contribution in [0.2, 0.25) is 10.0 Å². The average Bonchev–Trinajstić information content (AvgIpc) is 2.94. The Balaban J connectivity index is 2.00. The predicted molar refractivity (Wildman–Crippen MR) is 110 cm³/mol. The van der Waals surface area contributed by atoms with Gasteiger partial charge in [-0.05, 0) is 44.5 Å². The quantitative estimate of drug-likeness (QED) is 0.472. The molecule has 0 aliphatic rings. The lowest BCUT2D eigenvalue weighted by Gasteiger charge is -2.17. The summed E-state index contributed by atoms with van der Waals surface area (Å²) in [5.41, 5.74) is 2.63. The molecule has 0 aliphatic heterocycles. The number of aromatic nitrogens is 1. The molecule has 6 nitrogen and oxygen atoms in total. The Morgan fingerprint density at radius 2 is 1.89 bits per heavy atom. The van der Waals surface area contributed by atoms with Gasteiger partial charge in [0.05, 0.1) is 11.8 Å². The summed E-state index contributed by atoms with van der Waals surface area (Å²) >= 11 is 12.0. The first-order chi connectivity index (χ1) is 12.8. The standard InChI is InChI=1S/C19H26Cl2N4O2/c1-5-22-19(23-9-11(2)18-12(3)25-27-13(18)4)24-10-17(26)14-6-15(20)8-16(21)7-14/h6-8,11,17,26H,5,9-10H2,1-4H3,(H2,22,23,24). The van der Waals surface area contributed by atoms with Crippen molar-refractivity contribution >= 4 is 29.2 Å². The zero-order valence-electron chi connectivity index (χ0n) is 16.0. The Bertz CT molecular complexity index is 752. The summed E-state index contributed by atoms with van der Waals surface area (Å²) in [7, 11) is 0. The van der Waals surface area contributed by atoms with E-state index in [1.165, 1.54) is 0 Å². The maximum atomic E-state index is 10.4. The zero-order chi connectivity index (χ0) is 20.0. The fraction of sp³-hybridized carbons (Fsp3) is 0.474. The average molecular weight is 413 g/mol. The fourth-order valence-electron chi connectivity index (χ4n) is 2.93. The Morgan fingerprint density at radius 3 is 2.44 bits per heavy atom. The Kier molecular flexibility index (Phi) is 7.95. The van der Waals surface area contributed by atoms with E-state index in [2.05, 4.69) is 27.7 Å². The van der Waals surface area contributed by atoms with Crippen LogP contribution in [0, 0.1) is 13.8 Å². The van der Waals surface area contributed by atoms with Gasteiger partial charge in [-0.3, -0.25) is 4.99 Å².